The molecule has 0 spiro atoms. The summed E-state index contributed by atoms with van der Waals surface area (Å²) >= 11 is 0. The molecule has 132 valence electrons. The normalized spacial score (nSPS) is 17.1. The van der Waals surface area contributed by atoms with Crippen LogP contribution >= 0.6 is 0 Å². The van der Waals surface area contributed by atoms with E-state index in [-0.39, 0.29) is 24.1 Å². The van der Waals surface area contributed by atoms with Crippen molar-refractivity contribution in [1.82, 2.24) is 4.90 Å². The largest absolute Gasteiger partial charge is 0.435 e. The molecule has 0 N–H and O–H groups in total. The van der Waals surface area contributed by atoms with Crippen molar-refractivity contribution in [2.75, 3.05) is 6.54 Å². The molecule has 3 rings (SSSR count). The van der Waals surface area contributed by atoms with Crippen LogP contribution in [0.15, 0.2) is 54.6 Å². The summed E-state index contributed by atoms with van der Waals surface area (Å²) in [7, 11) is 0. The Morgan fingerprint density at radius 1 is 1.08 bits per heavy atom. The number of hydrogen-bond acceptors (Lipinski definition) is 2. The molecule has 0 aromatic heterocycles. The average molecular weight is 345 g/mol. The molecule has 2 aromatic rings. The third kappa shape index (κ3) is 4.78. The molecule has 1 atom stereocenters. The van der Waals surface area contributed by atoms with Crippen molar-refractivity contribution >= 4 is 5.91 Å². The minimum atomic E-state index is -2.84. The molecular weight excluding hydrogens is 324 g/mol. The van der Waals surface area contributed by atoms with Gasteiger partial charge in [0.2, 0.25) is 5.91 Å². The van der Waals surface area contributed by atoms with Crippen LogP contribution in [0.1, 0.15) is 24.0 Å². The number of hydrogen-bond donors (Lipinski definition) is 0. The lowest BCUT2D eigenvalue weighted by Crippen LogP contribution is -2.37. The number of amides is 1. The average Bonchev–Trinajstić information content (AvgIpc) is 3.05. The van der Waals surface area contributed by atoms with Crippen LogP contribution in [-0.2, 0) is 17.6 Å². The van der Waals surface area contributed by atoms with Gasteiger partial charge in [0.15, 0.2) is 0 Å². The number of likely N-dealkylation sites (tertiary alicyclic amines) is 1. The highest BCUT2D eigenvalue weighted by molar-refractivity contribution is 5.79. The second kappa shape index (κ2) is 8.10. The Morgan fingerprint density at radius 3 is 2.48 bits per heavy atom. The minimum absolute atomic E-state index is 0.0842. The highest BCUT2D eigenvalue weighted by Gasteiger charge is 2.28. The van der Waals surface area contributed by atoms with E-state index in [0.29, 0.717) is 0 Å². The lowest BCUT2D eigenvalue weighted by atomic mass is 10.0. The van der Waals surface area contributed by atoms with Crippen molar-refractivity contribution in [3.05, 3.63) is 65.7 Å². The van der Waals surface area contributed by atoms with E-state index in [1.807, 2.05) is 23.1 Å². The number of benzene rings is 2. The first-order valence-electron chi connectivity index (χ1n) is 8.49. The summed E-state index contributed by atoms with van der Waals surface area (Å²) in [5.74, 6) is 0.190. The van der Waals surface area contributed by atoms with E-state index < -0.39 is 6.61 Å². The number of halogens is 2. The van der Waals surface area contributed by atoms with Gasteiger partial charge in [0.25, 0.3) is 0 Å². The lowest BCUT2D eigenvalue weighted by molar-refractivity contribution is -0.131. The molecule has 1 heterocycles. The summed E-state index contributed by atoms with van der Waals surface area (Å²) in [4.78, 5) is 14.6. The maximum Gasteiger partial charge on any atom is 0.387 e. The number of carbonyl (C=O) groups excluding carboxylic acids is 1. The van der Waals surface area contributed by atoms with Gasteiger partial charge >= 0.3 is 6.61 Å². The maximum absolute atomic E-state index is 12.7. The van der Waals surface area contributed by atoms with Crippen LogP contribution in [0.4, 0.5) is 8.78 Å². The first-order chi connectivity index (χ1) is 12.1. The van der Waals surface area contributed by atoms with Crippen LogP contribution in [-0.4, -0.2) is 30.0 Å². The van der Waals surface area contributed by atoms with Crippen molar-refractivity contribution in [3.8, 4) is 5.75 Å². The first kappa shape index (κ1) is 17.4. The molecule has 2 aromatic carbocycles. The molecular formula is C20H21F2NO2. The van der Waals surface area contributed by atoms with Crippen molar-refractivity contribution < 1.29 is 18.3 Å². The van der Waals surface area contributed by atoms with Gasteiger partial charge in [-0.1, -0.05) is 42.5 Å². The van der Waals surface area contributed by atoms with Gasteiger partial charge < -0.3 is 9.64 Å². The minimum Gasteiger partial charge on any atom is -0.435 e. The maximum atomic E-state index is 12.7. The third-order valence-electron chi connectivity index (χ3n) is 4.52. The Morgan fingerprint density at radius 2 is 1.80 bits per heavy atom. The zero-order valence-corrected chi connectivity index (χ0v) is 13.9. The zero-order chi connectivity index (χ0) is 17.6. The number of ether oxygens (including phenoxy) is 1. The van der Waals surface area contributed by atoms with Crippen LogP contribution in [0.5, 0.6) is 5.75 Å². The predicted molar refractivity (Wildman–Crippen MR) is 91.7 cm³/mol. The molecule has 0 bridgehead atoms. The molecule has 0 radical (unpaired) electrons. The van der Waals surface area contributed by atoms with Gasteiger partial charge in [-0.3, -0.25) is 4.79 Å². The SMILES string of the molecule is O=C(Cc1ccc(OC(F)F)cc1)N1CCCC1Cc1ccccc1. The van der Waals surface area contributed by atoms with Crippen LogP contribution in [0, 0.1) is 0 Å². The predicted octanol–water partition coefficient (Wildman–Crippen LogP) is 4.06. The van der Waals surface area contributed by atoms with Crippen molar-refractivity contribution in [2.24, 2.45) is 0 Å². The van der Waals surface area contributed by atoms with Gasteiger partial charge in [0.1, 0.15) is 5.75 Å². The number of nitrogens with zero attached hydrogens (tertiary/aromatic N) is 1. The molecule has 25 heavy (non-hydrogen) atoms. The summed E-state index contributed by atoms with van der Waals surface area (Å²) in [5, 5.41) is 0. The van der Waals surface area contributed by atoms with Gasteiger partial charge in [-0.05, 0) is 42.5 Å². The number of carbonyl (C=O) groups is 1. The van der Waals surface area contributed by atoms with Crippen LogP contribution in [0.25, 0.3) is 0 Å². The molecule has 1 saturated heterocycles. The summed E-state index contributed by atoms with van der Waals surface area (Å²) in [6.07, 6.45) is 3.18. The van der Waals surface area contributed by atoms with E-state index >= 15 is 0 Å². The van der Waals surface area contributed by atoms with E-state index in [0.717, 1.165) is 31.4 Å². The van der Waals surface area contributed by atoms with E-state index in [1.54, 1.807) is 12.1 Å². The smallest absolute Gasteiger partial charge is 0.387 e. The molecule has 0 aliphatic carbocycles. The van der Waals surface area contributed by atoms with E-state index in [1.165, 1.54) is 17.7 Å². The fourth-order valence-electron chi connectivity index (χ4n) is 3.33. The Hall–Kier alpha value is -2.43. The van der Waals surface area contributed by atoms with Crippen LogP contribution < -0.4 is 4.74 Å². The van der Waals surface area contributed by atoms with Crippen molar-refractivity contribution in [1.29, 1.82) is 0 Å². The molecule has 1 unspecified atom stereocenters. The molecule has 1 amide bonds. The van der Waals surface area contributed by atoms with Crippen molar-refractivity contribution in [3.63, 3.8) is 0 Å². The van der Waals surface area contributed by atoms with Gasteiger partial charge in [-0.25, -0.2) is 0 Å². The molecule has 5 heteroatoms. The molecule has 3 nitrogen and oxygen atoms in total. The second-order valence-electron chi connectivity index (χ2n) is 6.27. The summed E-state index contributed by atoms with van der Waals surface area (Å²) in [6, 6.07) is 16.7. The number of rotatable bonds is 6. The highest BCUT2D eigenvalue weighted by Crippen LogP contribution is 2.23. The highest BCUT2D eigenvalue weighted by atomic mass is 19.3. The van der Waals surface area contributed by atoms with E-state index in [9.17, 15) is 13.6 Å². The van der Waals surface area contributed by atoms with Gasteiger partial charge in [0.05, 0.1) is 6.42 Å². The Labute approximate surface area is 146 Å². The van der Waals surface area contributed by atoms with E-state index in [2.05, 4.69) is 16.9 Å². The Kier molecular flexibility index (Phi) is 5.64. The van der Waals surface area contributed by atoms with E-state index in [4.69, 9.17) is 0 Å². The van der Waals surface area contributed by atoms with Crippen LogP contribution in [0.2, 0.25) is 0 Å². The molecule has 0 saturated carbocycles. The quantitative estimate of drug-likeness (QED) is 0.790. The van der Waals surface area contributed by atoms with Gasteiger partial charge in [-0.15, -0.1) is 0 Å². The summed E-state index contributed by atoms with van der Waals surface area (Å²) in [6.45, 7) is -2.06. The Balaban J connectivity index is 1.60. The fraction of sp³-hybridized carbons (Fsp3) is 0.350. The second-order valence-corrected chi connectivity index (χ2v) is 6.27. The summed E-state index contributed by atoms with van der Waals surface area (Å²) < 4.78 is 28.7. The zero-order valence-electron chi connectivity index (χ0n) is 13.9. The molecule has 1 aliphatic rings. The third-order valence-corrected chi connectivity index (χ3v) is 4.52. The lowest BCUT2D eigenvalue weighted by Gasteiger charge is -2.25. The van der Waals surface area contributed by atoms with Gasteiger partial charge in [-0.2, -0.15) is 8.78 Å². The summed E-state index contributed by atoms with van der Waals surface area (Å²) in [5.41, 5.74) is 2.04. The molecule has 1 aliphatic heterocycles. The first-order valence-corrected chi connectivity index (χ1v) is 8.49. The van der Waals surface area contributed by atoms with Crippen LogP contribution in [0.3, 0.4) is 0 Å². The Bertz CT molecular complexity index is 689. The standard InChI is InChI=1S/C20H21F2NO2/c21-20(22)25-18-10-8-16(9-11-18)14-19(24)23-12-4-7-17(23)13-15-5-2-1-3-6-15/h1-3,5-6,8-11,17,20H,4,7,12-14H2. The van der Waals surface area contributed by atoms with Gasteiger partial charge in [0, 0.05) is 12.6 Å². The fourth-order valence-corrected chi connectivity index (χ4v) is 3.33. The molecule has 1 fully saturated rings. The topological polar surface area (TPSA) is 29.5 Å². The number of alkyl halides is 2. The monoisotopic (exact) mass is 345 g/mol. The van der Waals surface area contributed by atoms with Crippen molar-refractivity contribution in [2.45, 2.75) is 38.3 Å².